The van der Waals surface area contributed by atoms with Crippen LogP contribution < -0.4 is 4.90 Å². The van der Waals surface area contributed by atoms with Gasteiger partial charge < -0.3 is 4.90 Å². The van der Waals surface area contributed by atoms with Crippen LogP contribution >= 0.6 is 0 Å². The molecule has 0 saturated carbocycles. The Kier molecular flexibility index (Phi) is 5.00. The normalized spacial score (nSPS) is 19.0. The van der Waals surface area contributed by atoms with Crippen molar-refractivity contribution in [3.05, 3.63) is 27.9 Å². The van der Waals surface area contributed by atoms with Crippen LogP contribution in [0, 0.1) is 23.0 Å². The van der Waals surface area contributed by atoms with Gasteiger partial charge in [-0.25, -0.2) is 9.35 Å². The van der Waals surface area contributed by atoms with Crippen LogP contribution in [-0.2, 0) is 9.73 Å². The molecular formula is C14H22N4O3S. The number of nitro groups is 1. The molecule has 1 aliphatic rings. The number of nitrogens with zero attached hydrogens (tertiary/aromatic N) is 4. The van der Waals surface area contributed by atoms with Crippen molar-refractivity contribution in [2.45, 2.75) is 19.8 Å². The van der Waals surface area contributed by atoms with Gasteiger partial charge in [-0.15, -0.1) is 0 Å². The second-order valence-electron chi connectivity index (χ2n) is 5.98. The summed E-state index contributed by atoms with van der Waals surface area (Å²) in [5, 5.41) is 10.9. The minimum absolute atomic E-state index is 0.0454. The molecule has 1 unspecified atom stereocenters. The smallest absolute Gasteiger partial charge is 0.290 e. The van der Waals surface area contributed by atoms with Crippen molar-refractivity contribution in [2.24, 2.45) is 10.3 Å². The van der Waals surface area contributed by atoms with Gasteiger partial charge in [0.25, 0.3) is 5.69 Å². The van der Waals surface area contributed by atoms with E-state index in [1.54, 1.807) is 25.5 Å². The third-order valence-corrected chi connectivity index (χ3v) is 4.50. The first-order valence-corrected chi connectivity index (χ1v) is 9.59. The minimum Gasteiger partial charge on any atom is -0.356 e. The molecule has 1 aromatic heterocycles. The summed E-state index contributed by atoms with van der Waals surface area (Å²) >= 11 is 0. The molecule has 2 heterocycles. The van der Waals surface area contributed by atoms with Crippen LogP contribution in [0.3, 0.4) is 0 Å². The summed E-state index contributed by atoms with van der Waals surface area (Å²) in [7, 11) is -2.06. The van der Waals surface area contributed by atoms with Crippen LogP contribution in [-0.4, -0.2) is 46.3 Å². The Morgan fingerprint density at radius 1 is 1.50 bits per heavy atom. The van der Waals surface area contributed by atoms with Gasteiger partial charge in [0.15, 0.2) is 0 Å². The zero-order valence-corrected chi connectivity index (χ0v) is 14.0. The van der Waals surface area contributed by atoms with Gasteiger partial charge in [-0.2, -0.15) is 0 Å². The van der Waals surface area contributed by atoms with Crippen molar-refractivity contribution in [1.29, 1.82) is 0 Å². The Labute approximate surface area is 131 Å². The van der Waals surface area contributed by atoms with E-state index in [1.165, 1.54) is 6.07 Å². The predicted octanol–water partition coefficient (Wildman–Crippen LogP) is 2.24. The van der Waals surface area contributed by atoms with Gasteiger partial charge in [-0.05, 0) is 31.7 Å². The van der Waals surface area contributed by atoms with Crippen molar-refractivity contribution in [2.75, 3.05) is 37.0 Å². The summed E-state index contributed by atoms with van der Waals surface area (Å²) in [5.41, 5.74) is 0.475. The third kappa shape index (κ3) is 4.40. The first-order valence-electron chi connectivity index (χ1n) is 7.26. The number of aromatic nitrogens is 1. The molecule has 1 atom stereocenters. The average Bonchev–Trinajstić information content (AvgIpc) is 2.44. The van der Waals surface area contributed by atoms with Gasteiger partial charge in [0, 0.05) is 41.4 Å². The van der Waals surface area contributed by atoms with Crippen molar-refractivity contribution in [3.8, 4) is 0 Å². The fraction of sp³-hybridized carbons (Fsp3) is 0.643. The molecule has 1 fully saturated rings. The second-order valence-corrected chi connectivity index (χ2v) is 8.60. The molecule has 7 nitrogen and oxygen atoms in total. The minimum atomic E-state index is -2.06. The number of aryl methyl sites for hydroxylation is 1. The number of pyridine rings is 1. The fourth-order valence-corrected chi connectivity index (χ4v) is 3.19. The van der Waals surface area contributed by atoms with Crippen LogP contribution in [0.4, 0.5) is 11.5 Å². The molecule has 8 heteroatoms. The van der Waals surface area contributed by atoms with Gasteiger partial charge >= 0.3 is 0 Å². The Bertz CT molecular complexity index is 675. The van der Waals surface area contributed by atoms with E-state index < -0.39 is 14.7 Å². The maximum Gasteiger partial charge on any atom is 0.290 e. The molecule has 0 spiro atoms. The maximum absolute atomic E-state index is 11.7. The van der Waals surface area contributed by atoms with Crippen molar-refractivity contribution in [3.63, 3.8) is 0 Å². The highest BCUT2D eigenvalue weighted by Crippen LogP contribution is 2.25. The number of anilines is 1. The highest BCUT2D eigenvalue weighted by Gasteiger charge is 2.22. The Hall–Kier alpha value is -1.70. The van der Waals surface area contributed by atoms with Crippen LogP contribution in [0.15, 0.2) is 16.5 Å². The molecule has 0 radical (unpaired) electrons. The molecule has 1 aromatic rings. The zero-order chi connectivity index (χ0) is 16.3. The molecule has 0 bridgehead atoms. The van der Waals surface area contributed by atoms with Crippen molar-refractivity contribution < 1.29 is 9.13 Å². The van der Waals surface area contributed by atoms with E-state index >= 15 is 0 Å². The fourth-order valence-electron chi connectivity index (χ4n) is 2.62. The summed E-state index contributed by atoms with van der Waals surface area (Å²) in [6.45, 7) is 3.92. The highest BCUT2D eigenvalue weighted by molar-refractivity contribution is 7.92. The lowest BCUT2D eigenvalue weighted by molar-refractivity contribution is -0.385. The molecule has 0 aliphatic carbocycles. The van der Waals surface area contributed by atoms with E-state index in [-0.39, 0.29) is 5.69 Å². The number of rotatable bonds is 4. The largest absolute Gasteiger partial charge is 0.356 e. The highest BCUT2D eigenvalue weighted by atomic mass is 32.2. The first kappa shape index (κ1) is 16.7. The number of hydrogen-bond donors (Lipinski definition) is 0. The first-order chi connectivity index (χ1) is 10.3. The summed E-state index contributed by atoms with van der Waals surface area (Å²) in [6, 6.07) is 3.21. The standard InChI is InChI=1S/C14H22N4O3S/c1-11-13(18(19)20)6-7-14(16-11)17-8-4-5-12(10-17)9-15-22(2,3)21/h6-7,12H,4-5,8-10H2,1-3H3. The molecule has 0 aromatic carbocycles. The van der Waals surface area contributed by atoms with Gasteiger partial charge in [0.05, 0.1) is 11.5 Å². The lowest BCUT2D eigenvalue weighted by Crippen LogP contribution is -2.37. The van der Waals surface area contributed by atoms with Gasteiger partial charge in [-0.1, -0.05) is 0 Å². The molecule has 1 saturated heterocycles. The number of piperidine rings is 1. The van der Waals surface area contributed by atoms with Crippen LogP contribution in [0.5, 0.6) is 0 Å². The van der Waals surface area contributed by atoms with Crippen LogP contribution in [0.25, 0.3) is 0 Å². The number of hydrogen-bond acceptors (Lipinski definition) is 6. The van der Waals surface area contributed by atoms with E-state index in [2.05, 4.69) is 14.2 Å². The lowest BCUT2D eigenvalue weighted by atomic mass is 9.98. The Morgan fingerprint density at radius 2 is 2.23 bits per heavy atom. The molecule has 1 aliphatic heterocycles. The SMILES string of the molecule is Cc1nc(N2CCCC(CN=S(C)(C)=O)C2)ccc1[N+](=O)[O-]. The summed E-state index contributed by atoms with van der Waals surface area (Å²) in [4.78, 5) is 16.9. The van der Waals surface area contributed by atoms with E-state index in [0.29, 0.717) is 18.2 Å². The molecule has 2 rings (SSSR count). The molecule has 0 amide bonds. The zero-order valence-electron chi connectivity index (χ0n) is 13.2. The van der Waals surface area contributed by atoms with E-state index in [1.807, 2.05) is 0 Å². The van der Waals surface area contributed by atoms with Gasteiger partial charge in [0.1, 0.15) is 11.5 Å². The second kappa shape index (κ2) is 6.60. The summed E-state index contributed by atoms with van der Waals surface area (Å²) in [5.74, 6) is 1.12. The molecule has 122 valence electrons. The third-order valence-electron chi connectivity index (χ3n) is 3.73. The van der Waals surface area contributed by atoms with Gasteiger partial charge in [0.2, 0.25) is 0 Å². The molecule has 22 heavy (non-hydrogen) atoms. The lowest BCUT2D eigenvalue weighted by Gasteiger charge is -2.33. The van der Waals surface area contributed by atoms with Crippen molar-refractivity contribution >= 4 is 21.2 Å². The average molecular weight is 326 g/mol. The topological polar surface area (TPSA) is 88.7 Å². The van der Waals surface area contributed by atoms with E-state index in [0.717, 1.165) is 31.7 Å². The molecular weight excluding hydrogens is 304 g/mol. The Morgan fingerprint density at radius 3 is 2.82 bits per heavy atom. The van der Waals surface area contributed by atoms with Gasteiger partial charge in [-0.3, -0.25) is 14.3 Å². The summed E-state index contributed by atoms with van der Waals surface area (Å²) < 4.78 is 15.9. The van der Waals surface area contributed by atoms with E-state index in [4.69, 9.17) is 0 Å². The Balaban J connectivity index is 2.11. The maximum atomic E-state index is 11.7. The van der Waals surface area contributed by atoms with E-state index in [9.17, 15) is 14.3 Å². The van der Waals surface area contributed by atoms with Crippen LogP contribution in [0.1, 0.15) is 18.5 Å². The molecule has 0 N–H and O–H groups in total. The summed E-state index contributed by atoms with van der Waals surface area (Å²) in [6.07, 6.45) is 5.37. The predicted molar refractivity (Wildman–Crippen MR) is 87.9 cm³/mol. The quantitative estimate of drug-likeness (QED) is 0.625. The monoisotopic (exact) mass is 326 g/mol. The van der Waals surface area contributed by atoms with Crippen LogP contribution in [0.2, 0.25) is 0 Å². The van der Waals surface area contributed by atoms with Crippen molar-refractivity contribution in [1.82, 2.24) is 4.98 Å².